The lowest BCUT2D eigenvalue weighted by molar-refractivity contribution is -0.134. The molecule has 1 atom stereocenters. The van der Waals surface area contributed by atoms with Gasteiger partial charge in [0.05, 0.1) is 10.8 Å². The van der Waals surface area contributed by atoms with E-state index in [0.29, 0.717) is 40.8 Å². The van der Waals surface area contributed by atoms with Gasteiger partial charge in [0.25, 0.3) is 0 Å². The van der Waals surface area contributed by atoms with Crippen molar-refractivity contribution in [3.63, 3.8) is 0 Å². The third kappa shape index (κ3) is 6.58. The van der Waals surface area contributed by atoms with Crippen LogP contribution in [0.25, 0.3) is 0 Å². The molecule has 0 bridgehead atoms. The number of sulfonamides is 1. The fraction of sp³-hybridized carbons (Fsp3) is 0.440. The lowest BCUT2D eigenvalue weighted by atomic mass is 9.92. The molecule has 7 nitrogen and oxygen atoms in total. The first-order chi connectivity index (χ1) is 16.1. The van der Waals surface area contributed by atoms with Crippen molar-refractivity contribution in [1.82, 2.24) is 9.62 Å². The molecular formula is C25H32ClN3O4S. The van der Waals surface area contributed by atoms with Crippen molar-refractivity contribution >= 4 is 39.1 Å². The molecule has 1 aliphatic rings. The normalized spacial score (nSPS) is 15.7. The Morgan fingerprint density at radius 3 is 2.44 bits per heavy atom. The van der Waals surface area contributed by atoms with Crippen LogP contribution in [-0.4, -0.2) is 44.8 Å². The van der Waals surface area contributed by atoms with E-state index in [1.165, 1.54) is 13.0 Å². The van der Waals surface area contributed by atoms with E-state index >= 15 is 0 Å². The molecule has 0 spiro atoms. The Labute approximate surface area is 206 Å². The molecule has 0 aliphatic carbocycles. The summed E-state index contributed by atoms with van der Waals surface area (Å²) in [4.78, 5) is 26.7. The van der Waals surface area contributed by atoms with Gasteiger partial charge in [-0.25, -0.2) is 13.1 Å². The van der Waals surface area contributed by atoms with Gasteiger partial charge in [0, 0.05) is 37.3 Å². The van der Waals surface area contributed by atoms with Crippen LogP contribution in [0.3, 0.4) is 0 Å². The maximum absolute atomic E-state index is 13.4. The molecule has 2 aromatic carbocycles. The second-order valence-corrected chi connectivity index (χ2v) is 11.1. The summed E-state index contributed by atoms with van der Waals surface area (Å²) in [6.45, 7) is 6.74. The number of anilines is 1. The summed E-state index contributed by atoms with van der Waals surface area (Å²) >= 11 is 6.42. The summed E-state index contributed by atoms with van der Waals surface area (Å²) in [6.07, 6.45) is 2.21. The lowest BCUT2D eigenvalue weighted by Gasteiger charge is -2.33. The fourth-order valence-electron chi connectivity index (χ4n) is 4.27. The molecule has 0 aromatic heterocycles. The van der Waals surface area contributed by atoms with E-state index in [4.69, 9.17) is 11.6 Å². The highest BCUT2D eigenvalue weighted by Gasteiger charge is 2.30. The zero-order valence-electron chi connectivity index (χ0n) is 19.8. The number of aryl methyl sites for hydroxylation is 1. The average Bonchev–Trinajstić information content (AvgIpc) is 2.77. The number of hydrogen-bond acceptors (Lipinski definition) is 4. The number of carbonyl (C=O) groups is 2. The minimum atomic E-state index is -3.80. The van der Waals surface area contributed by atoms with Gasteiger partial charge in [-0.15, -0.1) is 0 Å². The molecule has 2 aromatic rings. The maximum atomic E-state index is 13.4. The van der Waals surface area contributed by atoms with Crippen molar-refractivity contribution in [3.05, 3.63) is 58.6 Å². The maximum Gasteiger partial charge on any atom is 0.240 e. The van der Waals surface area contributed by atoms with Crippen LogP contribution >= 0.6 is 11.6 Å². The van der Waals surface area contributed by atoms with Gasteiger partial charge < -0.3 is 10.2 Å². The Bertz CT molecular complexity index is 1140. The Balaban J connectivity index is 1.74. The standard InChI is InChI=1S/C25H32ClN3O4S/c1-17-11-14-29(15-12-17)25(31)22(21-6-4-5-7-23(21)26)10-13-27-34(32,33)24-9-8-20(16-18(24)2)28-19(3)30/h4-9,16-17,22,27H,10-15H2,1-3H3,(H,28,30). The quantitative estimate of drug-likeness (QED) is 0.558. The molecule has 2 amide bonds. The van der Waals surface area contributed by atoms with Crippen LogP contribution in [-0.2, 0) is 19.6 Å². The molecule has 1 fully saturated rings. The Kier molecular flexibility index (Phi) is 8.73. The minimum absolute atomic E-state index is 0.0185. The predicted octanol–water partition coefficient (Wildman–Crippen LogP) is 4.32. The first kappa shape index (κ1) is 26.2. The van der Waals surface area contributed by atoms with Gasteiger partial charge in [-0.3, -0.25) is 9.59 Å². The number of likely N-dealkylation sites (tertiary alicyclic amines) is 1. The summed E-state index contributed by atoms with van der Waals surface area (Å²) in [5.41, 5.74) is 1.76. The van der Waals surface area contributed by atoms with Crippen molar-refractivity contribution < 1.29 is 18.0 Å². The van der Waals surface area contributed by atoms with E-state index in [0.717, 1.165) is 12.8 Å². The third-order valence-corrected chi connectivity index (χ3v) is 8.15. The number of carbonyl (C=O) groups excluding carboxylic acids is 2. The molecule has 184 valence electrons. The van der Waals surface area contributed by atoms with E-state index < -0.39 is 15.9 Å². The van der Waals surface area contributed by atoms with Crippen LogP contribution in [0.2, 0.25) is 5.02 Å². The summed E-state index contributed by atoms with van der Waals surface area (Å²) < 4.78 is 28.6. The predicted molar refractivity (Wildman–Crippen MR) is 134 cm³/mol. The Morgan fingerprint density at radius 1 is 1.15 bits per heavy atom. The smallest absolute Gasteiger partial charge is 0.240 e. The number of amides is 2. The van der Waals surface area contributed by atoms with Gasteiger partial charge in [0.1, 0.15) is 0 Å². The number of benzene rings is 2. The van der Waals surface area contributed by atoms with Gasteiger partial charge in [-0.2, -0.15) is 0 Å². The number of nitrogens with zero attached hydrogens (tertiary/aromatic N) is 1. The molecule has 1 heterocycles. The largest absolute Gasteiger partial charge is 0.342 e. The van der Waals surface area contributed by atoms with Crippen LogP contribution in [0.15, 0.2) is 47.4 Å². The van der Waals surface area contributed by atoms with Crippen LogP contribution < -0.4 is 10.0 Å². The molecule has 1 aliphatic heterocycles. The minimum Gasteiger partial charge on any atom is -0.342 e. The third-order valence-electron chi connectivity index (χ3n) is 6.18. The summed E-state index contributed by atoms with van der Waals surface area (Å²) in [7, 11) is -3.80. The van der Waals surface area contributed by atoms with Crippen LogP contribution in [0.1, 0.15) is 50.2 Å². The zero-order chi connectivity index (χ0) is 24.9. The van der Waals surface area contributed by atoms with E-state index in [1.807, 2.05) is 23.1 Å². The highest BCUT2D eigenvalue weighted by atomic mass is 35.5. The second kappa shape index (κ2) is 11.3. The molecule has 9 heteroatoms. The van der Waals surface area contributed by atoms with Gasteiger partial charge >= 0.3 is 0 Å². The summed E-state index contributed by atoms with van der Waals surface area (Å²) in [5.74, 6) is -0.190. The summed E-state index contributed by atoms with van der Waals surface area (Å²) in [5, 5.41) is 3.14. The molecule has 1 saturated heterocycles. The molecule has 1 unspecified atom stereocenters. The van der Waals surface area contributed by atoms with E-state index in [2.05, 4.69) is 17.0 Å². The summed E-state index contributed by atoms with van der Waals surface area (Å²) in [6, 6.07) is 11.9. The molecule has 0 radical (unpaired) electrons. The van der Waals surface area contributed by atoms with Gasteiger partial charge in [0.2, 0.25) is 21.8 Å². The SMILES string of the molecule is CC(=O)Nc1ccc(S(=O)(=O)NCCC(C(=O)N2CCC(C)CC2)c2ccccc2Cl)c(C)c1. The van der Waals surface area contributed by atoms with Crippen molar-refractivity contribution in [2.24, 2.45) is 5.92 Å². The lowest BCUT2D eigenvalue weighted by Crippen LogP contribution is -2.41. The van der Waals surface area contributed by atoms with Crippen molar-refractivity contribution in [1.29, 1.82) is 0 Å². The van der Waals surface area contributed by atoms with Gasteiger partial charge in [-0.05, 0) is 67.5 Å². The average molecular weight is 506 g/mol. The van der Waals surface area contributed by atoms with E-state index in [9.17, 15) is 18.0 Å². The molecule has 2 N–H and O–H groups in total. The topological polar surface area (TPSA) is 95.6 Å². The highest BCUT2D eigenvalue weighted by Crippen LogP contribution is 2.30. The van der Waals surface area contributed by atoms with E-state index in [1.54, 1.807) is 25.1 Å². The zero-order valence-corrected chi connectivity index (χ0v) is 21.4. The monoisotopic (exact) mass is 505 g/mol. The molecule has 0 saturated carbocycles. The Morgan fingerprint density at radius 2 is 1.82 bits per heavy atom. The second-order valence-electron chi connectivity index (χ2n) is 8.93. The van der Waals surface area contributed by atoms with Crippen molar-refractivity contribution in [3.8, 4) is 0 Å². The van der Waals surface area contributed by atoms with Gasteiger partial charge in [0.15, 0.2) is 0 Å². The first-order valence-electron chi connectivity index (χ1n) is 11.5. The van der Waals surface area contributed by atoms with E-state index in [-0.39, 0.29) is 29.7 Å². The van der Waals surface area contributed by atoms with Gasteiger partial charge in [-0.1, -0.05) is 36.7 Å². The van der Waals surface area contributed by atoms with Crippen LogP contribution in [0.5, 0.6) is 0 Å². The Hall–Kier alpha value is -2.42. The highest BCUT2D eigenvalue weighted by molar-refractivity contribution is 7.89. The number of piperidine rings is 1. The first-order valence-corrected chi connectivity index (χ1v) is 13.4. The van der Waals surface area contributed by atoms with Crippen LogP contribution in [0, 0.1) is 12.8 Å². The molecular weight excluding hydrogens is 474 g/mol. The number of hydrogen-bond donors (Lipinski definition) is 2. The fourth-order valence-corrected chi connectivity index (χ4v) is 5.81. The van der Waals surface area contributed by atoms with Crippen molar-refractivity contribution in [2.75, 3.05) is 25.0 Å². The van der Waals surface area contributed by atoms with Crippen LogP contribution in [0.4, 0.5) is 5.69 Å². The number of nitrogens with one attached hydrogen (secondary N) is 2. The number of rotatable bonds is 8. The molecule has 34 heavy (non-hydrogen) atoms. The number of halogens is 1. The molecule has 3 rings (SSSR count). The van der Waals surface area contributed by atoms with Crippen molar-refractivity contribution in [2.45, 2.75) is 50.8 Å².